The molecule has 4 rings (SSSR count). The Bertz CT molecular complexity index is 1220. The van der Waals surface area contributed by atoms with Gasteiger partial charge in [0.2, 0.25) is 5.90 Å². The van der Waals surface area contributed by atoms with Crippen molar-refractivity contribution < 1.29 is 19.0 Å². The number of rotatable bonds is 8. The summed E-state index contributed by atoms with van der Waals surface area (Å²) in [4.78, 5) is 16.8. The molecule has 1 heterocycles. The van der Waals surface area contributed by atoms with Crippen LogP contribution in [0.5, 0.6) is 11.5 Å². The van der Waals surface area contributed by atoms with Gasteiger partial charge in [-0.25, -0.2) is 9.79 Å². The number of benzene rings is 3. The van der Waals surface area contributed by atoms with E-state index in [9.17, 15) is 4.79 Å². The van der Waals surface area contributed by atoms with E-state index in [-0.39, 0.29) is 5.70 Å². The third-order valence-corrected chi connectivity index (χ3v) is 5.39. The molecule has 0 aromatic heterocycles. The summed E-state index contributed by atoms with van der Waals surface area (Å²) in [6.45, 7) is 4.74. The number of carbonyl (C=O) groups excluding carboxylic acids is 1. The maximum absolute atomic E-state index is 12.4. The number of cyclic esters (lactones) is 1. The number of ether oxygens (including phenoxy) is 3. The van der Waals surface area contributed by atoms with Crippen molar-refractivity contribution in [1.82, 2.24) is 0 Å². The number of esters is 1. The Labute approximate surface area is 198 Å². The molecule has 0 fully saturated rings. The van der Waals surface area contributed by atoms with Crippen molar-refractivity contribution in [3.8, 4) is 11.5 Å². The van der Waals surface area contributed by atoms with E-state index >= 15 is 0 Å². The van der Waals surface area contributed by atoms with Crippen LogP contribution in [0.1, 0.15) is 29.2 Å². The van der Waals surface area contributed by atoms with Crippen molar-refractivity contribution in [2.75, 3.05) is 13.2 Å². The van der Waals surface area contributed by atoms with Crippen LogP contribution in [0.25, 0.3) is 6.08 Å². The van der Waals surface area contributed by atoms with Crippen LogP contribution in [-0.4, -0.2) is 25.1 Å². The second kappa shape index (κ2) is 10.4. The highest BCUT2D eigenvalue weighted by Crippen LogP contribution is 2.37. The zero-order valence-electron chi connectivity index (χ0n) is 18.5. The summed E-state index contributed by atoms with van der Waals surface area (Å²) >= 11 is 6.53. The largest absolute Gasteiger partial charge is 0.490 e. The lowest BCUT2D eigenvalue weighted by atomic mass is 10.1. The molecule has 1 aliphatic rings. The molecule has 0 aliphatic carbocycles. The molecule has 33 heavy (non-hydrogen) atoms. The van der Waals surface area contributed by atoms with Crippen molar-refractivity contribution >= 4 is 29.5 Å². The summed E-state index contributed by atoms with van der Waals surface area (Å²) < 4.78 is 17.1. The first-order valence-electron chi connectivity index (χ1n) is 10.8. The smallest absolute Gasteiger partial charge is 0.363 e. The normalized spacial score (nSPS) is 14.2. The van der Waals surface area contributed by atoms with E-state index in [1.54, 1.807) is 18.2 Å². The third kappa shape index (κ3) is 5.44. The Morgan fingerprint density at radius 3 is 2.55 bits per heavy atom. The zero-order chi connectivity index (χ0) is 23.2. The molecule has 0 unspecified atom stereocenters. The van der Waals surface area contributed by atoms with Gasteiger partial charge in [-0.05, 0) is 54.8 Å². The van der Waals surface area contributed by atoms with Crippen molar-refractivity contribution in [2.45, 2.75) is 20.3 Å². The molecule has 5 nitrogen and oxygen atoms in total. The number of hydrogen-bond acceptors (Lipinski definition) is 5. The minimum absolute atomic E-state index is 0.199. The van der Waals surface area contributed by atoms with Crippen LogP contribution < -0.4 is 9.47 Å². The van der Waals surface area contributed by atoms with Gasteiger partial charge in [-0.3, -0.25) is 0 Å². The van der Waals surface area contributed by atoms with Gasteiger partial charge in [0.25, 0.3) is 0 Å². The lowest BCUT2D eigenvalue weighted by Gasteiger charge is -2.14. The van der Waals surface area contributed by atoms with E-state index in [4.69, 9.17) is 25.8 Å². The minimum atomic E-state index is -0.509. The molecule has 0 radical (unpaired) electrons. The van der Waals surface area contributed by atoms with Gasteiger partial charge in [-0.2, -0.15) is 0 Å². The molecule has 3 aromatic carbocycles. The summed E-state index contributed by atoms with van der Waals surface area (Å²) in [7, 11) is 0. The Hall–Kier alpha value is -3.57. The van der Waals surface area contributed by atoms with Gasteiger partial charge in [0.05, 0.1) is 18.2 Å². The van der Waals surface area contributed by atoms with E-state index in [2.05, 4.69) is 17.1 Å². The standard InChI is InChI=1S/C27H24ClNO4/c1-3-31-24-17-20(15-22(28)25(24)32-14-13-19-10-5-4-6-11-19)16-23-27(30)33-26(29-23)21-12-8-7-9-18(21)2/h4-12,15-17H,3,13-14H2,1-2H3/b23-16-. The highest BCUT2D eigenvalue weighted by molar-refractivity contribution is 6.32. The predicted octanol–water partition coefficient (Wildman–Crippen LogP) is 6.01. The van der Waals surface area contributed by atoms with E-state index in [1.807, 2.05) is 56.3 Å². The van der Waals surface area contributed by atoms with E-state index in [1.165, 1.54) is 5.56 Å². The first-order chi connectivity index (χ1) is 16.0. The fourth-order valence-electron chi connectivity index (χ4n) is 3.48. The average Bonchev–Trinajstić information content (AvgIpc) is 3.16. The van der Waals surface area contributed by atoms with E-state index in [0.29, 0.717) is 41.2 Å². The van der Waals surface area contributed by atoms with Crippen molar-refractivity contribution in [1.29, 1.82) is 0 Å². The number of halogens is 1. The number of aryl methyl sites for hydroxylation is 1. The van der Waals surface area contributed by atoms with Crippen LogP contribution in [0.15, 0.2) is 77.4 Å². The zero-order valence-corrected chi connectivity index (χ0v) is 19.3. The fraction of sp³-hybridized carbons (Fsp3) is 0.185. The number of aliphatic imine (C=N–C) groups is 1. The molecule has 0 bridgehead atoms. The molecule has 0 atom stereocenters. The highest BCUT2D eigenvalue weighted by Gasteiger charge is 2.25. The van der Waals surface area contributed by atoms with Crippen LogP contribution in [0.3, 0.4) is 0 Å². The molecule has 168 valence electrons. The van der Waals surface area contributed by atoms with Crippen LogP contribution in [-0.2, 0) is 16.0 Å². The van der Waals surface area contributed by atoms with Gasteiger partial charge >= 0.3 is 5.97 Å². The Morgan fingerprint density at radius 1 is 1.03 bits per heavy atom. The van der Waals surface area contributed by atoms with Gasteiger partial charge < -0.3 is 14.2 Å². The molecule has 0 amide bonds. The number of nitrogens with zero attached hydrogens (tertiary/aromatic N) is 1. The lowest BCUT2D eigenvalue weighted by molar-refractivity contribution is -0.129. The summed E-state index contributed by atoms with van der Waals surface area (Å²) in [5, 5.41) is 0.398. The van der Waals surface area contributed by atoms with Crippen molar-refractivity contribution in [2.24, 2.45) is 4.99 Å². The van der Waals surface area contributed by atoms with Crippen molar-refractivity contribution in [3.63, 3.8) is 0 Å². The van der Waals surface area contributed by atoms with Gasteiger partial charge in [-0.1, -0.05) is 60.1 Å². The van der Waals surface area contributed by atoms with Crippen LogP contribution >= 0.6 is 11.6 Å². The molecule has 6 heteroatoms. The number of hydrogen-bond donors (Lipinski definition) is 0. The Kier molecular flexibility index (Phi) is 7.10. The van der Waals surface area contributed by atoms with E-state index in [0.717, 1.165) is 17.5 Å². The monoisotopic (exact) mass is 461 g/mol. The quantitative estimate of drug-likeness (QED) is 0.304. The molecule has 0 N–H and O–H groups in total. The maximum Gasteiger partial charge on any atom is 0.363 e. The molecule has 0 saturated carbocycles. The number of carbonyl (C=O) groups is 1. The Morgan fingerprint density at radius 2 is 1.79 bits per heavy atom. The summed E-state index contributed by atoms with van der Waals surface area (Å²) in [6.07, 6.45) is 2.38. The third-order valence-electron chi connectivity index (χ3n) is 5.11. The van der Waals surface area contributed by atoms with Crippen LogP contribution in [0.4, 0.5) is 0 Å². The Balaban J connectivity index is 1.57. The first-order valence-corrected chi connectivity index (χ1v) is 11.1. The molecule has 0 saturated heterocycles. The summed E-state index contributed by atoms with van der Waals surface area (Å²) in [6, 6.07) is 21.2. The predicted molar refractivity (Wildman–Crippen MR) is 130 cm³/mol. The second-order valence-electron chi connectivity index (χ2n) is 7.50. The first kappa shape index (κ1) is 22.6. The molecule has 3 aromatic rings. The molecule has 0 spiro atoms. The highest BCUT2D eigenvalue weighted by atomic mass is 35.5. The lowest BCUT2D eigenvalue weighted by Crippen LogP contribution is -2.06. The topological polar surface area (TPSA) is 57.1 Å². The maximum atomic E-state index is 12.4. The van der Waals surface area contributed by atoms with E-state index < -0.39 is 5.97 Å². The van der Waals surface area contributed by atoms with Crippen LogP contribution in [0, 0.1) is 6.92 Å². The van der Waals surface area contributed by atoms with Gasteiger partial charge in [0.15, 0.2) is 17.2 Å². The summed E-state index contributed by atoms with van der Waals surface area (Å²) in [5.74, 6) is 0.779. The van der Waals surface area contributed by atoms with Gasteiger partial charge in [0.1, 0.15) is 0 Å². The molecular formula is C27H24ClNO4. The second-order valence-corrected chi connectivity index (χ2v) is 7.91. The van der Waals surface area contributed by atoms with Crippen LogP contribution in [0.2, 0.25) is 5.02 Å². The molecular weight excluding hydrogens is 438 g/mol. The van der Waals surface area contributed by atoms with Crippen molar-refractivity contribution in [3.05, 3.63) is 99.7 Å². The SMILES string of the molecule is CCOc1cc(/C=C2\N=C(c3ccccc3C)OC2=O)cc(Cl)c1OCCc1ccccc1. The fourth-order valence-corrected chi connectivity index (χ4v) is 3.76. The summed E-state index contributed by atoms with van der Waals surface area (Å²) in [5.41, 5.74) is 3.80. The van der Waals surface area contributed by atoms with Gasteiger partial charge in [-0.15, -0.1) is 0 Å². The molecule has 1 aliphatic heterocycles. The average molecular weight is 462 g/mol. The minimum Gasteiger partial charge on any atom is -0.490 e. The van der Waals surface area contributed by atoms with Gasteiger partial charge in [0, 0.05) is 12.0 Å².